The topological polar surface area (TPSA) is 85.6 Å². The van der Waals surface area contributed by atoms with Crippen molar-refractivity contribution in [2.45, 2.75) is 18.5 Å². The van der Waals surface area contributed by atoms with Crippen LogP contribution >= 0.6 is 34.4 Å². The van der Waals surface area contributed by atoms with Gasteiger partial charge in [0.15, 0.2) is 5.16 Å². The predicted molar refractivity (Wildman–Crippen MR) is 92.1 cm³/mol. The Morgan fingerprint density at radius 2 is 2.22 bits per heavy atom. The summed E-state index contributed by atoms with van der Waals surface area (Å²) in [6.07, 6.45) is 0.748. The molecule has 3 aromatic heterocycles. The van der Waals surface area contributed by atoms with E-state index < -0.39 is 0 Å². The van der Waals surface area contributed by atoms with Gasteiger partial charge in [0.25, 0.3) is 0 Å². The van der Waals surface area contributed by atoms with Gasteiger partial charge in [0.2, 0.25) is 11.0 Å². The molecule has 0 atom stereocenters. The highest BCUT2D eigenvalue weighted by molar-refractivity contribution is 7.99. The minimum absolute atomic E-state index is 0.131. The van der Waals surface area contributed by atoms with E-state index in [9.17, 15) is 4.79 Å². The number of rotatable bonds is 6. The minimum atomic E-state index is -0.131. The number of thioether (sulfide) groups is 1. The maximum absolute atomic E-state index is 11.9. The fourth-order valence-electron chi connectivity index (χ4n) is 1.83. The second-order valence-corrected chi connectivity index (χ2v) is 7.83. The molecule has 3 rings (SSSR count). The fraction of sp³-hybridized carbons (Fsp3) is 0.308. The van der Waals surface area contributed by atoms with E-state index in [2.05, 4.69) is 31.8 Å². The molecule has 23 heavy (non-hydrogen) atoms. The van der Waals surface area contributed by atoms with Crippen molar-refractivity contribution in [1.82, 2.24) is 25.0 Å². The number of amides is 1. The molecule has 0 fully saturated rings. The van der Waals surface area contributed by atoms with Crippen LogP contribution in [0.4, 0.5) is 5.13 Å². The number of hydrogen-bond acceptors (Lipinski definition) is 8. The van der Waals surface area contributed by atoms with Crippen LogP contribution in [-0.2, 0) is 18.3 Å². The highest BCUT2D eigenvalue weighted by Gasteiger charge is 2.13. The Labute approximate surface area is 145 Å². The number of anilines is 1. The normalized spacial score (nSPS) is 10.9. The zero-order chi connectivity index (χ0) is 16.2. The predicted octanol–water partition coefficient (Wildman–Crippen LogP) is 2.36. The number of aryl methyl sites for hydroxylation is 1. The molecule has 0 radical (unpaired) electrons. The van der Waals surface area contributed by atoms with Gasteiger partial charge in [-0.2, -0.15) is 0 Å². The largest absolute Gasteiger partial charge is 0.309 e. The Morgan fingerprint density at radius 3 is 2.91 bits per heavy atom. The van der Waals surface area contributed by atoms with Crippen LogP contribution in [0, 0.1) is 6.92 Å². The first kappa shape index (κ1) is 16.1. The summed E-state index contributed by atoms with van der Waals surface area (Å²) in [4.78, 5) is 13.2. The van der Waals surface area contributed by atoms with Gasteiger partial charge < -0.3 is 4.57 Å². The van der Waals surface area contributed by atoms with Crippen LogP contribution in [0.3, 0.4) is 0 Å². The van der Waals surface area contributed by atoms with Crippen LogP contribution in [0.25, 0.3) is 0 Å². The summed E-state index contributed by atoms with van der Waals surface area (Å²) in [5, 5.41) is 22.9. The minimum Gasteiger partial charge on any atom is -0.309 e. The van der Waals surface area contributed by atoms with Crippen molar-refractivity contribution in [2.75, 3.05) is 11.1 Å². The van der Waals surface area contributed by atoms with Gasteiger partial charge in [-0.25, -0.2) is 0 Å². The molecular formula is C13H14N6OS3. The standard InChI is InChI=1S/C13H14N6OS3/c1-8-15-17-12(23-8)14-11(20)7-22-13-18-16-10(19(13)2)6-9-4-3-5-21-9/h3-5H,6-7H2,1-2H3,(H,14,17,20). The third kappa shape index (κ3) is 4.15. The van der Waals surface area contributed by atoms with E-state index in [1.54, 1.807) is 11.3 Å². The van der Waals surface area contributed by atoms with E-state index in [0.29, 0.717) is 5.13 Å². The number of carbonyl (C=O) groups excluding carboxylic acids is 1. The van der Waals surface area contributed by atoms with Gasteiger partial charge >= 0.3 is 0 Å². The first-order chi connectivity index (χ1) is 11.1. The van der Waals surface area contributed by atoms with Crippen LogP contribution in [0.2, 0.25) is 0 Å². The van der Waals surface area contributed by atoms with Crippen LogP contribution in [0.5, 0.6) is 0 Å². The lowest BCUT2D eigenvalue weighted by Gasteiger charge is -2.03. The SMILES string of the molecule is Cc1nnc(NC(=O)CSc2nnc(Cc3cccs3)n2C)s1. The summed E-state index contributed by atoms with van der Waals surface area (Å²) in [5.41, 5.74) is 0. The molecule has 0 unspecified atom stereocenters. The lowest BCUT2D eigenvalue weighted by molar-refractivity contribution is -0.113. The number of hydrogen-bond donors (Lipinski definition) is 1. The number of nitrogens with zero attached hydrogens (tertiary/aromatic N) is 5. The number of thiophene rings is 1. The third-order valence-electron chi connectivity index (χ3n) is 2.94. The molecule has 10 heteroatoms. The van der Waals surface area contributed by atoms with Gasteiger partial charge in [-0.15, -0.1) is 31.7 Å². The Hall–Kier alpha value is -1.78. The van der Waals surface area contributed by atoms with Crippen molar-refractivity contribution in [3.8, 4) is 0 Å². The van der Waals surface area contributed by atoms with E-state index >= 15 is 0 Å². The average molecular weight is 366 g/mol. The van der Waals surface area contributed by atoms with Gasteiger partial charge in [0.05, 0.1) is 5.75 Å². The van der Waals surface area contributed by atoms with E-state index in [1.807, 2.05) is 30.0 Å². The molecule has 0 saturated heterocycles. The maximum Gasteiger partial charge on any atom is 0.236 e. The Balaban J connectivity index is 1.56. The van der Waals surface area contributed by atoms with E-state index in [1.165, 1.54) is 28.0 Å². The molecule has 0 bridgehead atoms. The monoisotopic (exact) mass is 366 g/mol. The van der Waals surface area contributed by atoms with Crippen LogP contribution in [0.15, 0.2) is 22.7 Å². The Bertz CT molecular complexity index is 795. The highest BCUT2D eigenvalue weighted by atomic mass is 32.2. The smallest absolute Gasteiger partial charge is 0.236 e. The zero-order valence-electron chi connectivity index (χ0n) is 12.5. The first-order valence-corrected chi connectivity index (χ1v) is 9.43. The fourth-order valence-corrected chi connectivity index (χ4v) is 3.87. The molecule has 0 spiro atoms. The summed E-state index contributed by atoms with van der Waals surface area (Å²) < 4.78 is 1.92. The van der Waals surface area contributed by atoms with E-state index in [0.717, 1.165) is 22.4 Å². The van der Waals surface area contributed by atoms with Crippen LogP contribution < -0.4 is 5.32 Å². The lowest BCUT2D eigenvalue weighted by Crippen LogP contribution is -2.14. The molecule has 3 aromatic rings. The lowest BCUT2D eigenvalue weighted by atomic mass is 10.3. The van der Waals surface area contributed by atoms with E-state index in [-0.39, 0.29) is 11.7 Å². The summed E-state index contributed by atoms with van der Waals surface area (Å²) >= 11 is 4.40. The molecule has 120 valence electrons. The highest BCUT2D eigenvalue weighted by Crippen LogP contribution is 2.20. The molecule has 1 N–H and O–H groups in total. The summed E-state index contributed by atoms with van der Waals surface area (Å²) in [6.45, 7) is 1.84. The van der Waals surface area contributed by atoms with Gasteiger partial charge in [-0.05, 0) is 18.4 Å². The molecule has 0 aliphatic carbocycles. The zero-order valence-corrected chi connectivity index (χ0v) is 15.0. The van der Waals surface area contributed by atoms with Gasteiger partial charge in [-0.1, -0.05) is 29.2 Å². The maximum atomic E-state index is 11.9. The average Bonchev–Trinajstić information content (AvgIpc) is 3.23. The van der Waals surface area contributed by atoms with Crippen molar-refractivity contribution in [2.24, 2.45) is 7.05 Å². The molecule has 1 amide bonds. The summed E-state index contributed by atoms with van der Waals surface area (Å²) in [7, 11) is 1.91. The van der Waals surface area contributed by atoms with Gasteiger partial charge in [0.1, 0.15) is 10.8 Å². The molecular weight excluding hydrogens is 352 g/mol. The van der Waals surface area contributed by atoms with Crippen LogP contribution in [-0.4, -0.2) is 36.6 Å². The summed E-state index contributed by atoms with van der Waals surface area (Å²) in [6, 6.07) is 4.09. The van der Waals surface area contributed by atoms with Crippen molar-refractivity contribution >= 4 is 45.5 Å². The Kier molecular flexibility index (Phi) is 5.03. The number of carbonyl (C=O) groups is 1. The van der Waals surface area contributed by atoms with E-state index in [4.69, 9.17) is 0 Å². The van der Waals surface area contributed by atoms with Crippen molar-refractivity contribution in [3.63, 3.8) is 0 Å². The van der Waals surface area contributed by atoms with Crippen molar-refractivity contribution in [1.29, 1.82) is 0 Å². The van der Waals surface area contributed by atoms with Gasteiger partial charge in [-0.3, -0.25) is 10.1 Å². The summed E-state index contributed by atoms with van der Waals surface area (Å²) in [5.74, 6) is 1.01. The third-order valence-corrected chi connectivity index (χ3v) is 5.59. The quantitative estimate of drug-likeness (QED) is 0.674. The first-order valence-electron chi connectivity index (χ1n) is 6.75. The number of nitrogens with one attached hydrogen (secondary N) is 1. The van der Waals surface area contributed by atoms with Crippen molar-refractivity contribution < 1.29 is 4.79 Å². The molecule has 0 aliphatic rings. The van der Waals surface area contributed by atoms with Gasteiger partial charge in [0, 0.05) is 18.3 Å². The molecule has 0 aromatic carbocycles. The Morgan fingerprint density at radius 1 is 1.35 bits per heavy atom. The molecule has 0 aliphatic heterocycles. The molecule has 0 saturated carbocycles. The van der Waals surface area contributed by atoms with Crippen molar-refractivity contribution in [3.05, 3.63) is 33.2 Å². The molecule has 7 nitrogen and oxygen atoms in total. The second kappa shape index (κ2) is 7.20. The van der Waals surface area contributed by atoms with Crippen LogP contribution in [0.1, 0.15) is 15.7 Å². The number of aromatic nitrogens is 5. The second-order valence-electron chi connectivity index (χ2n) is 4.68. The molecule has 3 heterocycles.